The summed E-state index contributed by atoms with van der Waals surface area (Å²) in [5, 5.41) is 0. The van der Waals surface area contributed by atoms with Crippen LogP contribution in [0, 0.1) is 10.8 Å². The minimum absolute atomic E-state index is 0.186. The van der Waals surface area contributed by atoms with E-state index in [1.807, 2.05) is 0 Å². The highest BCUT2D eigenvalue weighted by molar-refractivity contribution is 5.91. The zero-order chi connectivity index (χ0) is 12.7. The molecule has 2 heteroatoms. The highest BCUT2D eigenvalue weighted by atomic mass is 16.5. The van der Waals surface area contributed by atoms with Crippen LogP contribution in [0.3, 0.4) is 0 Å². The van der Waals surface area contributed by atoms with E-state index < -0.39 is 0 Å². The number of Topliss-reactive ketones (excluding diaryl/α,β-unsaturated/α-hetero) is 1. The van der Waals surface area contributed by atoms with Gasteiger partial charge in [0.05, 0.1) is 17.6 Å². The average Bonchev–Trinajstić information content (AvgIpc) is 2.30. The molecule has 17 heavy (non-hydrogen) atoms. The van der Waals surface area contributed by atoms with Crippen molar-refractivity contribution in [3.63, 3.8) is 0 Å². The zero-order valence-corrected chi connectivity index (χ0v) is 11.7. The van der Waals surface area contributed by atoms with Crippen molar-refractivity contribution in [2.45, 2.75) is 78.4 Å². The lowest BCUT2D eigenvalue weighted by Gasteiger charge is -2.47. The third kappa shape index (κ3) is 2.42. The molecule has 0 aliphatic heterocycles. The number of carbonyl (C=O) groups excluding carboxylic acids is 1. The molecule has 0 heterocycles. The van der Waals surface area contributed by atoms with Gasteiger partial charge in [-0.05, 0) is 37.5 Å². The maximum atomic E-state index is 11.7. The lowest BCUT2D eigenvalue weighted by molar-refractivity contribution is -0.173. The van der Waals surface area contributed by atoms with E-state index in [1.165, 1.54) is 12.8 Å². The normalized spacial score (nSPS) is 37.9. The summed E-state index contributed by atoms with van der Waals surface area (Å²) in [5.74, 6) is 0.390. The molecule has 0 aromatic heterocycles. The number of hydrogen-bond acceptors (Lipinski definition) is 2. The monoisotopic (exact) mass is 238 g/mol. The molecule has 0 saturated heterocycles. The summed E-state index contributed by atoms with van der Waals surface area (Å²) in [6.07, 6.45) is 6.97. The van der Waals surface area contributed by atoms with Gasteiger partial charge in [-0.25, -0.2) is 0 Å². The van der Waals surface area contributed by atoms with E-state index in [0.717, 1.165) is 19.3 Å². The van der Waals surface area contributed by atoms with Crippen LogP contribution in [-0.4, -0.2) is 18.0 Å². The van der Waals surface area contributed by atoms with Gasteiger partial charge >= 0.3 is 0 Å². The first-order valence-electron chi connectivity index (χ1n) is 7.06. The van der Waals surface area contributed by atoms with Crippen molar-refractivity contribution >= 4 is 5.78 Å². The first kappa shape index (κ1) is 13.1. The zero-order valence-electron chi connectivity index (χ0n) is 11.7. The number of ether oxygens (including phenoxy) is 1. The second-order valence-corrected chi connectivity index (χ2v) is 6.89. The fourth-order valence-corrected chi connectivity index (χ4v) is 3.04. The van der Waals surface area contributed by atoms with Crippen molar-refractivity contribution < 1.29 is 9.53 Å². The van der Waals surface area contributed by atoms with Crippen LogP contribution in [0.1, 0.15) is 66.2 Å². The molecule has 2 rings (SSSR count). The minimum Gasteiger partial charge on any atom is -0.374 e. The second kappa shape index (κ2) is 4.38. The largest absolute Gasteiger partial charge is 0.374 e. The van der Waals surface area contributed by atoms with Gasteiger partial charge in [-0.1, -0.05) is 27.7 Å². The summed E-state index contributed by atoms with van der Waals surface area (Å²) in [4.78, 5) is 11.7. The van der Waals surface area contributed by atoms with Crippen molar-refractivity contribution in [1.82, 2.24) is 0 Å². The van der Waals surface area contributed by atoms with Crippen LogP contribution in [0.5, 0.6) is 0 Å². The summed E-state index contributed by atoms with van der Waals surface area (Å²) < 4.78 is 6.18. The van der Waals surface area contributed by atoms with Crippen LogP contribution in [0.2, 0.25) is 0 Å². The van der Waals surface area contributed by atoms with E-state index in [0.29, 0.717) is 23.7 Å². The molecule has 0 aromatic rings. The molecule has 2 saturated carbocycles. The second-order valence-electron chi connectivity index (χ2n) is 6.89. The minimum atomic E-state index is -0.188. The van der Waals surface area contributed by atoms with Crippen molar-refractivity contribution in [2.24, 2.45) is 10.8 Å². The Labute approximate surface area is 105 Å². The molecule has 2 fully saturated rings. The maximum Gasteiger partial charge on any atom is 0.143 e. The van der Waals surface area contributed by atoms with Crippen molar-refractivity contribution in [2.75, 3.05) is 0 Å². The molecular formula is C15H26O2. The Bertz CT molecular complexity index is 298. The van der Waals surface area contributed by atoms with Gasteiger partial charge in [-0.3, -0.25) is 4.79 Å². The molecule has 0 spiro atoms. The molecule has 2 nitrogen and oxygen atoms in total. The topological polar surface area (TPSA) is 26.3 Å². The standard InChI is InChI=1S/C15H26O2/c1-5-15(4)12(16)10-13(15)17-11-6-8-14(2,3)9-7-11/h11,13H,5-10H2,1-4H3. The van der Waals surface area contributed by atoms with Crippen LogP contribution in [-0.2, 0) is 9.53 Å². The van der Waals surface area contributed by atoms with Gasteiger partial charge in [-0.15, -0.1) is 0 Å². The summed E-state index contributed by atoms with van der Waals surface area (Å²) in [5.41, 5.74) is 0.302. The number of rotatable bonds is 3. The quantitative estimate of drug-likeness (QED) is 0.749. The Morgan fingerprint density at radius 2 is 1.82 bits per heavy atom. The third-order valence-corrected chi connectivity index (χ3v) is 5.10. The SMILES string of the molecule is CCC1(C)C(=O)CC1OC1CCC(C)(C)CC1. The summed E-state index contributed by atoms with van der Waals surface area (Å²) in [7, 11) is 0. The van der Waals surface area contributed by atoms with Gasteiger partial charge in [0.1, 0.15) is 5.78 Å². The molecule has 0 N–H and O–H groups in total. The number of carbonyl (C=O) groups is 1. The van der Waals surface area contributed by atoms with Crippen LogP contribution >= 0.6 is 0 Å². The summed E-state index contributed by atoms with van der Waals surface area (Å²) >= 11 is 0. The Kier molecular flexibility index (Phi) is 3.37. The van der Waals surface area contributed by atoms with E-state index in [-0.39, 0.29) is 11.5 Å². The van der Waals surface area contributed by atoms with Gasteiger partial charge in [-0.2, -0.15) is 0 Å². The fraction of sp³-hybridized carbons (Fsp3) is 0.933. The van der Waals surface area contributed by atoms with Crippen LogP contribution in [0.25, 0.3) is 0 Å². The molecule has 2 atom stereocenters. The van der Waals surface area contributed by atoms with E-state index in [4.69, 9.17) is 4.74 Å². The highest BCUT2D eigenvalue weighted by Gasteiger charge is 2.51. The average molecular weight is 238 g/mol. The predicted octanol–water partition coefficient (Wildman–Crippen LogP) is 3.73. The van der Waals surface area contributed by atoms with Crippen molar-refractivity contribution in [3.05, 3.63) is 0 Å². The molecule has 0 radical (unpaired) electrons. The van der Waals surface area contributed by atoms with Crippen molar-refractivity contribution in [3.8, 4) is 0 Å². The maximum absolute atomic E-state index is 11.7. The van der Waals surface area contributed by atoms with E-state index in [1.54, 1.807) is 0 Å². The Morgan fingerprint density at radius 1 is 1.24 bits per heavy atom. The van der Waals surface area contributed by atoms with Gasteiger partial charge < -0.3 is 4.74 Å². The first-order chi connectivity index (χ1) is 7.87. The molecule has 2 aliphatic carbocycles. The molecule has 0 aromatic carbocycles. The molecule has 2 aliphatic rings. The molecular weight excluding hydrogens is 212 g/mol. The fourth-order valence-electron chi connectivity index (χ4n) is 3.04. The van der Waals surface area contributed by atoms with E-state index >= 15 is 0 Å². The summed E-state index contributed by atoms with van der Waals surface area (Å²) in [6.45, 7) is 8.84. The highest BCUT2D eigenvalue weighted by Crippen LogP contribution is 2.45. The van der Waals surface area contributed by atoms with Crippen LogP contribution < -0.4 is 0 Å². The third-order valence-electron chi connectivity index (χ3n) is 5.10. The van der Waals surface area contributed by atoms with E-state index in [2.05, 4.69) is 27.7 Å². The van der Waals surface area contributed by atoms with Crippen LogP contribution in [0.15, 0.2) is 0 Å². The molecule has 2 unspecified atom stereocenters. The van der Waals surface area contributed by atoms with Gasteiger partial charge in [0.2, 0.25) is 0 Å². The van der Waals surface area contributed by atoms with Gasteiger partial charge in [0.25, 0.3) is 0 Å². The Hall–Kier alpha value is -0.370. The predicted molar refractivity (Wildman–Crippen MR) is 68.9 cm³/mol. The van der Waals surface area contributed by atoms with Crippen LogP contribution in [0.4, 0.5) is 0 Å². The Balaban J connectivity index is 1.85. The van der Waals surface area contributed by atoms with Crippen molar-refractivity contribution in [1.29, 1.82) is 0 Å². The molecule has 98 valence electrons. The smallest absolute Gasteiger partial charge is 0.143 e. The molecule has 0 bridgehead atoms. The summed E-state index contributed by atoms with van der Waals surface area (Å²) in [6, 6.07) is 0. The van der Waals surface area contributed by atoms with E-state index in [9.17, 15) is 4.79 Å². The molecule has 0 amide bonds. The lowest BCUT2D eigenvalue weighted by Crippen LogP contribution is -2.54. The number of hydrogen-bond donors (Lipinski definition) is 0. The van der Waals surface area contributed by atoms with Gasteiger partial charge in [0, 0.05) is 6.42 Å². The lowest BCUT2D eigenvalue weighted by atomic mass is 9.64. The first-order valence-corrected chi connectivity index (χ1v) is 7.06. The van der Waals surface area contributed by atoms with Gasteiger partial charge in [0.15, 0.2) is 0 Å². The number of ketones is 1. The Morgan fingerprint density at radius 3 is 2.29 bits per heavy atom.